The van der Waals surface area contributed by atoms with Crippen LogP contribution in [0.15, 0.2) is 61.2 Å². The lowest BCUT2D eigenvalue weighted by Crippen LogP contribution is -2.18. The van der Waals surface area contributed by atoms with Crippen LogP contribution in [0.1, 0.15) is 44.2 Å². The van der Waals surface area contributed by atoms with E-state index < -0.39 is 0 Å². The first-order chi connectivity index (χ1) is 16.7. The van der Waals surface area contributed by atoms with Gasteiger partial charge in [0.25, 0.3) is 0 Å². The molecule has 2 heterocycles. The number of hydrogen-bond acceptors (Lipinski definition) is 4. The fourth-order valence-electron chi connectivity index (χ4n) is 4.45. The summed E-state index contributed by atoms with van der Waals surface area (Å²) in [5, 5.41) is 14.0. The van der Waals surface area contributed by atoms with Crippen molar-refractivity contribution in [2.45, 2.75) is 45.2 Å². The van der Waals surface area contributed by atoms with Crippen molar-refractivity contribution >= 4 is 22.5 Å². The number of hydrogen-bond donors (Lipinski definition) is 1. The molecule has 2 aromatic heterocycles. The van der Waals surface area contributed by atoms with E-state index in [0.717, 1.165) is 53.0 Å². The molecule has 1 amide bonds. The lowest BCUT2D eigenvalue weighted by atomic mass is 9.92. The number of carbonyl (C=O) groups excluding carboxylic acids is 1. The number of rotatable bonds is 8. The van der Waals surface area contributed by atoms with Crippen molar-refractivity contribution in [3.63, 3.8) is 0 Å². The summed E-state index contributed by atoms with van der Waals surface area (Å²) in [6.07, 6.45) is 9.26. The Hall–Kier alpha value is -4.05. The van der Waals surface area contributed by atoms with Crippen molar-refractivity contribution < 1.29 is 9.53 Å². The van der Waals surface area contributed by atoms with E-state index in [1.165, 1.54) is 6.42 Å². The predicted octanol–water partition coefficient (Wildman–Crippen LogP) is 5.53. The molecule has 0 saturated heterocycles. The van der Waals surface area contributed by atoms with Gasteiger partial charge in [-0.2, -0.15) is 5.26 Å². The summed E-state index contributed by atoms with van der Waals surface area (Å²) in [5.41, 5.74) is 4.37. The Morgan fingerprint density at radius 3 is 2.71 bits per heavy atom. The number of benzene rings is 2. The van der Waals surface area contributed by atoms with Crippen molar-refractivity contribution in [3.05, 3.63) is 66.7 Å². The number of nitriles is 1. The molecular formula is C27H27N5O2. The Morgan fingerprint density at radius 2 is 2.06 bits per heavy atom. The summed E-state index contributed by atoms with van der Waals surface area (Å²) < 4.78 is 10.3. The van der Waals surface area contributed by atoms with E-state index in [2.05, 4.69) is 27.0 Å². The first kappa shape index (κ1) is 21.8. The molecule has 0 unspecified atom stereocenters. The van der Waals surface area contributed by atoms with Gasteiger partial charge in [-0.3, -0.25) is 4.79 Å². The highest BCUT2D eigenvalue weighted by Gasteiger charge is 2.28. The number of anilines is 1. The minimum Gasteiger partial charge on any atom is -0.492 e. The lowest BCUT2D eigenvalue weighted by molar-refractivity contribution is -0.115. The second-order valence-corrected chi connectivity index (χ2v) is 8.60. The Morgan fingerprint density at radius 1 is 1.24 bits per heavy atom. The van der Waals surface area contributed by atoms with Gasteiger partial charge >= 0.3 is 0 Å². The zero-order valence-corrected chi connectivity index (χ0v) is 19.2. The molecule has 1 fully saturated rings. The maximum absolute atomic E-state index is 11.7. The molecule has 0 aliphatic heterocycles. The molecular weight excluding hydrogens is 426 g/mol. The number of nitrogens with one attached hydrogen (secondary N) is 1. The lowest BCUT2D eigenvalue weighted by Gasteiger charge is -2.30. The van der Waals surface area contributed by atoms with Gasteiger partial charge in [-0.1, -0.05) is 19.1 Å². The molecule has 5 rings (SSSR count). The Bertz CT molecular complexity index is 1340. The number of fused-ring (bicyclic) bond motifs is 1. The average Bonchev–Trinajstić information content (AvgIpc) is 3.45. The number of aromatic nitrogens is 3. The van der Waals surface area contributed by atoms with Crippen LogP contribution in [0.3, 0.4) is 0 Å². The second-order valence-electron chi connectivity index (χ2n) is 8.60. The van der Waals surface area contributed by atoms with Crippen molar-refractivity contribution in [2.75, 3.05) is 11.9 Å². The second kappa shape index (κ2) is 9.44. The molecule has 0 bridgehead atoms. The van der Waals surface area contributed by atoms with Gasteiger partial charge in [0.1, 0.15) is 18.4 Å². The molecule has 4 aromatic rings. The van der Waals surface area contributed by atoms with Crippen LogP contribution in [-0.4, -0.2) is 26.6 Å². The zero-order valence-electron chi connectivity index (χ0n) is 19.2. The number of carbonyl (C=O) groups is 1. The van der Waals surface area contributed by atoms with E-state index in [0.29, 0.717) is 24.6 Å². The highest BCUT2D eigenvalue weighted by atomic mass is 16.5. The molecule has 0 spiro atoms. The smallest absolute Gasteiger partial charge is 0.224 e. The summed E-state index contributed by atoms with van der Waals surface area (Å²) in [6, 6.07) is 16.6. The average molecular weight is 454 g/mol. The van der Waals surface area contributed by atoms with Crippen LogP contribution < -0.4 is 10.1 Å². The van der Waals surface area contributed by atoms with Crippen LogP contribution in [0.2, 0.25) is 0 Å². The van der Waals surface area contributed by atoms with Crippen molar-refractivity contribution in [2.24, 2.45) is 0 Å². The summed E-state index contributed by atoms with van der Waals surface area (Å²) in [4.78, 5) is 15.8. The zero-order chi connectivity index (χ0) is 23.5. The van der Waals surface area contributed by atoms with Crippen molar-refractivity contribution in [1.29, 1.82) is 5.26 Å². The van der Waals surface area contributed by atoms with Gasteiger partial charge in [0.05, 0.1) is 29.6 Å². The van der Waals surface area contributed by atoms with E-state index >= 15 is 0 Å². The first-order valence-corrected chi connectivity index (χ1v) is 11.7. The minimum atomic E-state index is -0.0189. The summed E-state index contributed by atoms with van der Waals surface area (Å²) >= 11 is 0. The van der Waals surface area contributed by atoms with Gasteiger partial charge in [-0.25, -0.2) is 4.98 Å². The first-order valence-electron chi connectivity index (χ1n) is 11.7. The van der Waals surface area contributed by atoms with Crippen LogP contribution in [0.4, 0.5) is 5.69 Å². The van der Waals surface area contributed by atoms with E-state index in [1.54, 1.807) is 12.5 Å². The molecule has 1 N–H and O–H groups in total. The van der Waals surface area contributed by atoms with Gasteiger partial charge in [0.15, 0.2) is 0 Å². The predicted molar refractivity (Wildman–Crippen MR) is 132 cm³/mol. The Kier molecular flexibility index (Phi) is 6.05. The molecule has 172 valence electrons. The van der Waals surface area contributed by atoms with E-state index in [-0.39, 0.29) is 5.91 Å². The number of amides is 1. The summed E-state index contributed by atoms with van der Waals surface area (Å²) in [7, 11) is 0. The molecule has 0 atom stereocenters. The maximum Gasteiger partial charge on any atom is 0.224 e. The van der Waals surface area contributed by atoms with E-state index in [4.69, 9.17) is 4.74 Å². The standard InChI is InChI=1S/C27H27N5O2/c1-2-26(33)30-20-8-6-19(7-9-20)27-24(17-28)23-11-10-22(34-15-14-31-13-12-29-18-31)16-25(23)32(27)21-4-3-5-21/h6-13,16,18,21H,2-5,14-15H2,1H3,(H,30,33). The molecule has 7 heteroatoms. The fourth-order valence-corrected chi connectivity index (χ4v) is 4.45. The van der Waals surface area contributed by atoms with Crippen LogP contribution in [0.5, 0.6) is 5.75 Å². The van der Waals surface area contributed by atoms with Crippen LogP contribution in [-0.2, 0) is 11.3 Å². The van der Waals surface area contributed by atoms with Gasteiger partial charge in [0.2, 0.25) is 5.91 Å². The molecule has 2 aromatic carbocycles. The van der Waals surface area contributed by atoms with Crippen LogP contribution in [0, 0.1) is 11.3 Å². The Balaban J connectivity index is 1.51. The SMILES string of the molecule is CCC(=O)Nc1ccc(-c2c(C#N)c3ccc(OCCn4ccnc4)cc3n2C2CCC2)cc1. The summed E-state index contributed by atoms with van der Waals surface area (Å²) in [5.74, 6) is 0.772. The van der Waals surface area contributed by atoms with Crippen molar-refractivity contribution in [3.8, 4) is 23.1 Å². The normalized spacial score (nSPS) is 13.4. The molecule has 1 aliphatic carbocycles. The third-order valence-electron chi connectivity index (χ3n) is 6.47. The van der Waals surface area contributed by atoms with Gasteiger partial charge < -0.3 is 19.2 Å². The third-order valence-corrected chi connectivity index (χ3v) is 6.47. The van der Waals surface area contributed by atoms with Gasteiger partial charge in [-0.15, -0.1) is 0 Å². The molecule has 1 saturated carbocycles. The van der Waals surface area contributed by atoms with Gasteiger partial charge in [-0.05, 0) is 49.1 Å². The molecule has 7 nitrogen and oxygen atoms in total. The molecule has 34 heavy (non-hydrogen) atoms. The quantitative estimate of drug-likeness (QED) is 0.380. The minimum absolute atomic E-state index is 0.0189. The highest BCUT2D eigenvalue weighted by Crippen LogP contribution is 2.43. The molecule has 0 radical (unpaired) electrons. The van der Waals surface area contributed by atoms with E-state index in [1.807, 2.05) is 54.1 Å². The monoisotopic (exact) mass is 453 g/mol. The maximum atomic E-state index is 11.7. The number of imidazole rings is 1. The number of ether oxygens (including phenoxy) is 1. The largest absolute Gasteiger partial charge is 0.492 e. The van der Waals surface area contributed by atoms with Crippen LogP contribution in [0.25, 0.3) is 22.2 Å². The van der Waals surface area contributed by atoms with Gasteiger partial charge in [0, 0.05) is 42.0 Å². The number of nitrogens with zero attached hydrogens (tertiary/aromatic N) is 4. The van der Waals surface area contributed by atoms with Crippen LogP contribution >= 0.6 is 0 Å². The topological polar surface area (TPSA) is 84.9 Å². The summed E-state index contributed by atoms with van der Waals surface area (Å²) in [6.45, 7) is 3.09. The van der Waals surface area contributed by atoms with Crippen molar-refractivity contribution in [1.82, 2.24) is 14.1 Å². The third kappa shape index (κ3) is 4.15. The van der Waals surface area contributed by atoms with E-state index in [9.17, 15) is 10.1 Å². The fraction of sp³-hybridized carbons (Fsp3) is 0.296. The molecule has 1 aliphatic rings. The highest BCUT2D eigenvalue weighted by molar-refractivity contribution is 5.96. The Labute approximate surface area is 198 Å².